The van der Waals surface area contributed by atoms with Gasteiger partial charge in [-0.25, -0.2) is 9.97 Å². The van der Waals surface area contributed by atoms with Crippen LogP contribution in [0.25, 0.3) is 16.6 Å². The maximum Gasteiger partial charge on any atom is 0.268 e. The predicted octanol–water partition coefficient (Wildman–Crippen LogP) is 3.91. The second-order valence-corrected chi connectivity index (χ2v) is 11.0. The number of nitrogens with zero attached hydrogens (tertiary/aromatic N) is 5. The lowest BCUT2D eigenvalue weighted by molar-refractivity contribution is 0.0944. The number of H-pyrrole nitrogens is 1. The Hall–Kier alpha value is -4.18. The molecule has 0 saturated carbocycles. The molecule has 0 atom stereocenters. The number of fused-ring (bicyclic) bond motifs is 1. The van der Waals surface area contributed by atoms with Crippen LogP contribution < -0.4 is 20.5 Å². The second-order valence-electron chi connectivity index (χ2n) is 11.0. The molecule has 5 rings (SSSR count). The maximum absolute atomic E-state index is 13.7. The van der Waals surface area contributed by atoms with E-state index in [1.807, 2.05) is 30.5 Å². The second kappa shape index (κ2) is 11.7. The number of hydrogen-bond acceptors (Lipinski definition) is 7. The number of piperazine rings is 1. The Bertz CT molecular complexity index is 1610. The van der Waals surface area contributed by atoms with Gasteiger partial charge in [0.25, 0.3) is 11.5 Å². The number of nitrogens with one attached hydrogen (secondary N) is 2. The van der Waals surface area contributed by atoms with Gasteiger partial charge in [-0.3, -0.25) is 14.0 Å². The van der Waals surface area contributed by atoms with Crippen LogP contribution in [0.5, 0.6) is 5.75 Å². The van der Waals surface area contributed by atoms with Gasteiger partial charge in [0.05, 0.1) is 29.9 Å². The third-order valence-electron chi connectivity index (χ3n) is 7.58. The highest BCUT2D eigenvalue weighted by molar-refractivity contribution is 5.95. The van der Waals surface area contributed by atoms with Crippen LogP contribution >= 0.6 is 0 Å². The minimum Gasteiger partial charge on any atom is -0.493 e. The number of anilines is 1. The van der Waals surface area contributed by atoms with E-state index in [2.05, 4.69) is 59.2 Å². The van der Waals surface area contributed by atoms with Gasteiger partial charge >= 0.3 is 0 Å². The van der Waals surface area contributed by atoms with Crippen molar-refractivity contribution < 1.29 is 9.53 Å². The number of aromatic amines is 1. The number of amides is 1. The van der Waals surface area contributed by atoms with Crippen molar-refractivity contribution in [2.45, 2.75) is 47.1 Å². The molecule has 10 heteroatoms. The number of likely N-dealkylation sites (N-methyl/N-ethyl adjacent to an activating group) is 1. The highest BCUT2D eigenvalue weighted by Gasteiger charge is 2.21. The van der Waals surface area contributed by atoms with Crippen molar-refractivity contribution in [2.75, 3.05) is 44.7 Å². The number of rotatable bonds is 8. The summed E-state index contributed by atoms with van der Waals surface area (Å²) >= 11 is 0. The highest BCUT2D eigenvalue weighted by atomic mass is 16.5. The zero-order chi connectivity index (χ0) is 29.3. The molecule has 41 heavy (non-hydrogen) atoms. The number of carbonyl (C=O) groups excluding carboxylic acids is 1. The normalized spacial score (nSPS) is 14.2. The number of carbonyl (C=O) groups is 1. The Morgan fingerprint density at radius 1 is 1.10 bits per heavy atom. The van der Waals surface area contributed by atoms with E-state index in [4.69, 9.17) is 14.7 Å². The zero-order valence-electron chi connectivity index (χ0n) is 24.7. The molecule has 0 bridgehead atoms. The lowest BCUT2D eigenvalue weighted by Crippen LogP contribution is -2.44. The lowest BCUT2D eigenvalue weighted by atomic mass is 10.0. The molecule has 0 unspecified atom stereocenters. The van der Waals surface area contributed by atoms with E-state index in [1.54, 1.807) is 13.0 Å². The van der Waals surface area contributed by atoms with E-state index in [1.165, 1.54) is 0 Å². The summed E-state index contributed by atoms with van der Waals surface area (Å²) in [5, 5.41) is 2.95. The Morgan fingerprint density at radius 3 is 2.51 bits per heavy atom. The molecule has 1 fully saturated rings. The molecule has 1 saturated heterocycles. The van der Waals surface area contributed by atoms with Gasteiger partial charge in [-0.05, 0) is 69.6 Å². The van der Waals surface area contributed by atoms with Gasteiger partial charge in [0.1, 0.15) is 23.1 Å². The molecule has 2 N–H and O–H groups in total. The number of imidazole rings is 1. The van der Waals surface area contributed by atoms with Gasteiger partial charge in [-0.15, -0.1) is 0 Å². The Balaban J connectivity index is 1.51. The molecular formula is C31H39N7O3. The summed E-state index contributed by atoms with van der Waals surface area (Å²) in [6.45, 7) is 14.1. The highest BCUT2D eigenvalue weighted by Crippen LogP contribution is 2.30. The molecule has 4 aromatic heterocycles. The molecule has 1 aliphatic rings. The number of hydrogen-bond donors (Lipinski definition) is 2. The molecule has 4 aromatic rings. The molecule has 0 radical (unpaired) electrons. The van der Waals surface area contributed by atoms with Gasteiger partial charge in [-0.1, -0.05) is 13.8 Å². The molecule has 216 valence electrons. The van der Waals surface area contributed by atoms with Crippen molar-refractivity contribution in [3.8, 4) is 16.9 Å². The summed E-state index contributed by atoms with van der Waals surface area (Å²) in [6.07, 6.45) is 1.87. The van der Waals surface area contributed by atoms with Crippen LogP contribution in [0.2, 0.25) is 0 Å². The minimum atomic E-state index is -0.308. The first-order valence-corrected chi connectivity index (χ1v) is 14.2. The van der Waals surface area contributed by atoms with E-state index in [-0.39, 0.29) is 23.9 Å². The average Bonchev–Trinajstić information content (AvgIpc) is 3.29. The molecule has 0 spiro atoms. The van der Waals surface area contributed by atoms with Crippen LogP contribution in [0, 0.1) is 13.8 Å². The standard InChI is InChI=1S/C31H39N7O3/c1-7-41-27-14-20(4)34-30(39)24(27)18-33-31(40)26-16-23(15-25-29(19(2)3)35-21(5)38(25)26)22-8-9-28(32-17-22)37-12-10-36(6)11-13-37/h8-9,14-17,19H,7,10-13,18H2,1-6H3,(H,33,40)(H,34,39). The van der Waals surface area contributed by atoms with Crippen LogP contribution in [0.15, 0.2) is 41.3 Å². The van der Waals surface area contributed by atoms with Crippen molar-refractivity contribution in [1.82, 2.24) is 29.6 Å². The van der Waals surface area contributed by atoms with Crippen LogP contribution in [0.1, 0.15) is 60.0 Å². The first-order chi connectivity index (χ1) is 19.7. The molecular weight excluding hydrogens is 518 g/mol. The van der Waals surface area contributed by atoms with Gasteiger partial charge in [0.15, 0.2) is 0 Å². The Morgan fingerprint density at radius 2 is 1.85 bits per heavy atom. The van der Waals surface area contributed by atoms with E-state index in [9.17, 15) is 9.59 Å². The number of pyridine rings is 3. The first kappa shape index (κ1) is 28.4. The van der Waals surface area contributed by atoms with Crippen molar-refractivity contribution in [2.24, 2.45) is 0 Å². The fourth-order valence-corrected chi connectivity index (χ4v) is 5.35. The first-order valence-electron chi connectivity index (χ1n) is 14.2. The largest absolute Gasteiger partial charge is 0.493 e. The molecule has 1 aliphatic heterocycles. The Labute approximate surface area is 240 Å². The summed E-state index contributed by atoms with van der Waals surface area (Å²) < 4.78 is 7.58. The van der Waals surface area contributed by atoms with Crippen LogP contribution in [0.3, 0.4) is 0 Å². The SMILES string of the molecule is CCOc1cc(C)[nH]c(=O)c1CNC(=O)c1cc(-c2ccc(N3CCN(C)CC3)nc2)cc2c(C(C)C)nc(C)n12. The van der Waals surface area contributed by atoms with E-state index >= 15 is 0 Å². The van der Waals surface area contributed by atoms with Crippen LogP contribution in [0.4, 0.5) is 5.82 Å². The monoisotopic (exact) mass is 557 g/mol. The van der Waals surface area contributed by atoms with Crippen molar-refractivity contribution in [1.29, 1.82) is 0 Å². The Kier molecular flexibility index (Phi) is 8.12. The molecule has 0 aliphatic carbocycles. The van der Waals surface area contributed by atoms with E-state index < -0.39 is 0 Å². The number of aromatic nitrogens is 4. The van der Waals surface area contributed by atoms with E-state index in [0.717, 1.165) is 60.2 Å². The van der Waals surface area contributed by atoms with Gasteiger partial charge in [-0.2, -0.15) is 0 Å². The summed E-state index contributed by atoms with van der Waals surface area (Å²) in [4.78, 5) is 43.5. The topological polar surface area (TPSA) is 108 Å². The lowest BCUT2D eigenvalue weighted by Gasteiger charge is -2.33. The van der Waals surface area contributed by atoms with Gasteiger partial charge in [0.2, 0.25) is 0 Å². The predicted molar refractivity (Wildman–Crippen MR) is 161 cm³/mol. The van der Waals surface area contributed by atoms with Crippen molar-refractivity contribution in [3.05, 3.63) is 75.4 Å². The number of ether oxygens (including phenoxy) is 1. The van der Waals surface area contributed by atoms with Gasteiger partial charge < -0.3 is 24.8 Å². The van der Waals surface area contributed by atoms with Crippen LogP contribution in [-0.2, 0) is 6.54 Å². The molecule has 10 nitrogen and oxygen atoms in total. The van der Waals surface area contributed by atoms with Crippen molar-refractivity contribution in [3.63, 3.8) is 0 Å². The maximum atomic E-state index is 13.7. The molecule has 1 amide bonds. The third-order valence-corrected chi connectivity index (χ3v) is 7.58. The third kappa shape index (κ3) is 5.83. The average molecular weight is 558 g/mol. The fraction of sp³-hybridized carbons (Fsp3) is 0.419. The summed E-state index contributed by atoms with van der Waals surface area (Å²) in [5.74, 6) is 2.02. The smallest absolute Gasteiger partial charge is 0.268 e. The number of aryl methyl sites for hydroxylation is 2. The fourth-order valence-electron chi connectivity index (χ4n) is 5.35. The molecule has 0 aromatic carbocycles. The summed E-state index contributed by atoms with van der Waals surface area (Å²) in [5.41, 5.74) is 4.85. The summed E-state index contributed by atoms with van der Waals surface area (Å²) in [7, 11) is 2.14. The van der Waals surface area contributed by atoms with Crippen LogP contribution in [-0.4, -0.2) is 70.0 Å². The van der Waals surface area contributed by atoms with Gasteiger partial charge in [0, 0.05) is 43.6 Å². The van der Waals surface area contributed by atoms with E-state index in [0.29, 0.717) is 29.3 Å². The zero-order valence-corrected chi connectivity index (χ0v) is 24.7. The quantitative estimate of drug-likeness (QED) is 0.338. The van der Waals surface area contributed by atoms with Crippen molar-refractivity contribution >= 4 is 17.2 Å². The summed E-state index contributed by atoms with van der Waals surface area (Å²) in [6, 6.07) is 9.84. The minimum absolute atomic E-state index is 0.0293. The molecule has 5 heterocycles.